The van der Waals surface area contributed by atoms with Gasteiger partial charge in [-0.05, 0) is 89.9 Å². The molecule has 0 aromatic carbocycles. The van der Waals surface area contributed by atoms with Crippen LogP contribution in [0.2, 0.25) is 0 Å². The SMILES string of the molecule is CC/C=C\C/C=C\C/C=C\C/C=C\C/C=C\CCCCCCCCCCCCCCCCCCCCCCCCCCCC(=O)NC(COC1OC(CO)C(O)C(O)C1O)C(O)/C=C/CC/C=C/CC/C=C/CCCCCCCCCCCCCCCCCCCCC. The smallest absolute Gasteiger partial charge is 0.220 e. The maximum Gasteiger partial charge on any atom is 0.220 e. The van der Waals surface area contributed by atoms with Gasteiger partial charge >= 0.3 is 0 Å². The second-order valence-corrected chi connectivity index (χ2v) is 27.5. The van der Waals surface area contributed by atoms with Crippen molar-refractivity contribution in [3.63, 3.8) is 0 Å². The molecule has 0 radical (unpaired) electrons. The minimum absolute atomic E-state index is 0.185. The van der Waals surface area contributed by atoms with Crippen LogP contribution in [0.25, 0.3) is 0 Å². The number of hydrogen-bond acceptors (Lipinski definition) is 8. The summed E-state index contributed by atoms with van der Waals surface area (Å²) >= 11 is 0. The number of rotatable bonds is 70. The predicted octanol–water partition coefficient (Wildman–Crippen LogP) is 23.0. The van der Waals surface area contributed by atoms with E-state index in [0.29, 0.717) is 6.42 Å². The molecule has 1 rings (SSSR count). The fraction of sp³-hybridized carbons (Fsp3) is 0.798. The molecule has 0 spiro atoms. The zero-order valence-corrected chi connectivity index (χ0v) is 60.8. The molecule has 7 unspecified atom stereocenters. The Labute approximate surface area is 574 Å². The van der Waals surface area contributed by atoms with E-state index in [1.807, 2.05) is 6.08 Å². The number of aliphatic hydroxyl groups is 5. The van der Waals surface area contributed by atoms with Gasteiger partial charge in [0.2, 0.25) is 5.91 Å². The zero-order chi connectivity index (χ0) is 67.1. The first-order valence-electron chi connectivity index (χ1n) is 40.0. The molecule has 0 aromatic rings. The van der Waals surface area contributed by atoms with Crippen molar-refractivity contribution in [1.82, 2.24) is 5.32 Å². The van der Waals surface area contributed by atoms with E-state index in [-0.39, 0.29) is 12.5 Å². The lowest BCUT2D eigenvalue weighted by molar-refractivity contribution is -0.302. The lowest BCUT2D eigenvalue weighted by Gasteiger charge is -2.40. The molecule has 0 aromatic heterocycles. The summed E-state index contributed by atoms with van der Waals surface area (Å²) in [6.45, 7) is 3.69. The van der Waals surface area contributed by atoms with Crippen molar-refractivity contribution in [2.75, 3.05) is 13.2 Å². The van der Waals surface area contributed by atoms with E-state index in [0.717, 1.165) is 77.0 Å². The molecule has 9 nitrogen and oxygen atoms in total. The third-order valence-electron chi connectivity index (χ3n) is 18.6. The standard InChI is InChI=1S/C84H151NO8/c1-3-5-7-9-11-13-15-17-19-21-23-25-27-29-31-33-34-35-36-37-38-39-40-41-42-43-44-46-48-50-52-54-56-58-60-62-64-66-68-70-72-74-80(88)85-77(76-92-84-83(91)82(90)81(89)79(75-86)93-84)78(87)73-71-69-67-65-63-61-59-57-55-53-51-49-47-45-32-30-28-26-24-22-20-18-16-14-12-10-8-6-4-2/h5,7,11,13,17,19,23,25,29,31,55,57,63,65,71,73,77-79,81-84,86-87,89-91H,3-4,6,8-10,12,14-16,18,20-22,24,26-28,30,32-54,56,58-62,64,66-70,72,74-76H2,1-2H3,(H,85,88)/b7-5-,13-11-,19-17-,25-23-,31-29-,57-55+,65-63+,73-71+. The quantitative estimate of drug-likeness (QED) is 0.0261. The molecule has 93 heavy (non-hydrogen) atoms. The number of allylic oxidation sites excluding steroid dienone is 15. The van der Waals surface area contributed by atoms with Crippen molar-refractivity contribution in [3.05, 3.63) is 97.2 Å². The van der Waals surface area contributed by atoms with Crippen LogP contribution >= 0.6 is 0 Å². The third-order valence-corrected chi connectivity index (χ3v) is 18.6. The summed E-state index contributed by atoms with van der Waals surface area (Å²) in [7, 11) is 0. The predicted molar refractivity (Wildman–Crippen MR) is 401 cm³/mol. The molecule has 9 heteroatoms. The number of carbonyl (C=O) groups excluding carboxylic acids is 1. The number of nitrogens with one attached hydrogen (secondary N) is 1. The molecule has 0 aliphatic carbocycles. The van der Waals surface area contributed by atoms with Gasteiger partial charge in [0.15, 0.2) is 6.29 Å². The fourth-order valence-corrected chi connectivity index (χ4v) is 12.5. The number of ether oxygens (including phenoxy) is 2. The normalized spacial score (nSPS) is 18.1. The van der Waals surface area contributed by atoms with Crippen molar-refractivity contribution < 1.29 is 39.8 Å². The van der Waals surface area contributed by atoms with Gasteiger partial charge in [-0.1, -0.05) is 374 Å². The highest BCUT2D eigenvalue weighted by atomic mass is 16.7. The van der Waals surface area contributed by atoms with E-state index < -0.39 is 49.5 Å². The maximum atomic E-state index is 13.2. The first-order chi connectivity index (χ1) is 45.8. The van der Waals surface area contributed by atoms with Crippen LogP contribution in [0.3, 0.4) is 0 Å². The van der Waals surface area contributed by atoms with Crippen LogP contribution in [0.5, 0.6) is 0 Å². The van der Waals surface area contributed by atoms with E-state index in [1.54, 1.807) is 6.08 Å². The molecule has 1 heterocycles. The van der Waals surface area contributed by atoms with E-state index in [9.17, 15) is 30.3 Å². The van der Waals surface area contributed by atoms with Gasteiger partial charge in [-0.25, -0.2) is 0 Å². The highest BCUT2D eigenvalue weighted by molar-refractivity contribution is 5.76. The van der Waals surface area contributed by atoms with Crippen LogP contribution in [0.1, 0.15) is 373 Å². The Bertz CT molecular complexity index is 1800. The number of amides is 1. The Hall–Kier alpha value is -2.89. The van der Waals surface area contributed by atoms with Gasteiger partial charge in [-0.15, -0.1) is 0 Å². The summed E-state index contributed by atoms with van der Waals surface area (Å²) in [5, 5.41) is 54.9. The average Bonchev–Trinajstić information content (AvgIpc) is 1.00. The Morgan fingerprint density at radius 1 is 0.376 bits per heavy atom. The Balaban J connectivity index is 2.08. The Morgan fingerprint density at radius 3 is 1.03 bits per heavy atom. The van der Waals surface area contributed by atoms with Crippen molar-refractivity contribution in [3.8, 4) is 0 Å². The van der Waals surface area contributed by atoms with Crippen molar-refractivity contribution in [1.29, 1.82) is 0 Å². The van der Waals surface area contributed by atoms with Crippen LogP contribution in [0.15, 0.2) is 97.2 Å². The molecule has 1 aliphatic rings. The molecule has 7 atom stereocenters. The lowest BCUT2D eigenvalue weighted by atomic mass is 9.99. The van der Waals surface area contributed by atoms with Crippen LogP contribution in [-0.4, -0.2) is 87.5 Å². The molecule has 540 valence electrons. The van der Waals surface area contributed by atoms with E-state index in [1.165, 1.54) is 276 Å². The van der Waals surface area contributed by atoms with Crippen molar-refractivity contribution >= 4 is 5.91 Å². The summed E-state index contributed by atoms with van der Waals surface area (Å²) < 4.78 is 11.3. The largest absolute Gasteiger partial charge is 0.394 e. The minimum Gasteiger partial charge on any atom is -0.394 e. The number of carbonyl (C=O) groups is 1. The molecule has 0 saturated carbocycles. The van der Waals surface area contributed by atoms with E-state index in [2.05, 4.69) is 104 Å². The molecule has 1 saturated heterocycles. The Kier molecular flexibility index (Phi) is 68.1. The van der Waals surface area contributed by atoms with Crippen molar-refractivity contribution in [2.24, 2.45) is 0 Å². The van der Waals surface area contributed by atoms with Gasteiger partial charge < -0.3 is 40.3 Å². The molecule has 0 bridgehead atoms. The third kappa shape index (κ3) is 60.1. The lowest BCUT2D eigenvalue weighted by Crippen LogP contribution is -2.60. The highest BCUT2D eigenvalue weighted by Gasteiger charge is 2.44. The molecule has 1 amide bonds. The summed E-state index contributed by atoms with van der Waals surface area (Å²) in [5.74, 6) is -0.185. The summed E-state index contributed by atoms with van der Waals surface area (Å²) in [5.41, 5.74) is 0. The Morgan fingerprint density at radius 2 is 0.677 bits per heavy atom. The number of hydrogen-bond donors (Lipinski definition) is 6. The number of aliphatic hydroxyl groups excluding tert-OH is 5. The summed E-state index contributed by atoms with van der Waals surface area (Å²) in [4.78, 5) is 13.2. The van der Waals surface area contributed by atoms with Crippen LogP contribution < -0.4 is 5.32 Å². The van der Waals surface area contributed by atoms with Crippen molar-refractivity contribution in [2.45, 2.75) is 416 Å². The molecular formula is C84H151NO8. The van der Waals surface area contributed by atoms with Gasteiger partial charge in [0.1, 0.15) is 24.4 Å². The van der Waals surface area contributed by atoms with E-state index >= 15 is 0 Å². The van der Waals surface area contributed by atoms with Crippen LogP contribution in [0.4, 0.5) is 0 Å². The van der Waals surface area contributed by atoms with Gasteiger partial charge in [0.25, 0.3) is 0 Å². The number of unbranched alkanes of at least 4 members (excludes halogenated alkanes) is 46. The summed E-state index contributed by atoms with van der Waals surface area (Å²) in [6, 6.07) is -0.833. The maximum absolute atomic E-state index is 13.2. The zero-order valence-electron chi connectivity index (χ0n) is 60.8. The fourth-order valence-electron chi connectivity index (χ4n) is 12.5. The topological polar surface area (TPSA) is 149 Å². The second-order valence-electron chi connectivity index (χ2n) is 27.5. The molecule has 6 N–H and O–H groups in total. The highest BCUT2D eigenvalue weighted by Crippen LogP contribution is 2.24. The van der Waals surface area contributed by atoms with Crippen LogP contribution in [-0.2, 0) is 14.3 Å². The second kappa shape index (κ2) is 71.9. The van der Waals surface area contributed by atoms with Gasteiger partial charge in [-0.2, -0.15) is 0 Å². The molecular weight excluding hydrogens is 1150 g/mol. The van der Waals surface area contributed by atoms with Gasteiger partial charge in [-0.3, -0.25) is 4.79 Å². The summed E-state index contributed by atoms with van der Waals surface area (Å²) in [6.07, 6.45) is 98.5. The van der Waals surface area contributed by atoms with Gasteiger partial charge in [0.05, 0.1) is 25.4 Å². The van der Waals surface area contributed by atoms with Crippen LogP contribution in [0, 0.1) is 0 Å². The van der Waals surface area contributed by atoms with E-state index in [4.69, 9.17) is 9.47 Å². The monoisotopic (exact) mass is 1300 g/mol. The average molecular weight is 1300 g/mol. The van der Waals surface area contributed by atoms with Gasteiger partial charge in [0, 0.05) is 6.42 Å². The molecule has 1 fully saturated rings. The first kappa shape index (κ1) is 88.1. The minimum atomic E-state index is -1.58. The molecule has 1 aliphatic heterocycles. The first-order valence-corrected chi connectivity index (χ1v) is 40.0.